The van der Waals surface area contributed by atoms with Gasteiger partial charge in [-0.3, -0.25) is 5.32 Å². The lowest BCUT2D eigenvalue weighted by Gasteiger charge is -2.33. The smallest absolute Gasteiger partial charge is 0.131 e. The summed E-state index contributed by atoms with van der Waals surface area (Å²) in [5.74, 6) is 2.81. The fourth-order valence-corrected chi connectivity index (χ4v) is 9.06. The minimum atomic E-state index is -0.253. The standard InChI is InChI=1S/C46H44N4O/c1-29-19-25-37-40(27-29)50(34-13-6-3-7-14-34)39-17-10-16-38(43(37)39)46-48-44(32-22-20-31(21-23-32)30-11-4-2-5-12-30)47-45(49-46)33-24-26-36-35-15-8-9-18-41(35)51-42(36)28-33/h3-4,6,8-13,15-18,20-24,26,28-29,35,41,45-46,49H,2,5,7,14,19,25,27H2,1H3,(H,47,48)/t29?,35?,41?,45?,46-/m1/s1. The van der Waals surface area contributed by atoms with E-state index in [2.05, 4.69) is 144 Å². The molecular formula is C46H44N4O. The summed E-state index contributed by atoms with van der Waals surface area (Å²) in [6.45, 7) is 2.41. The highest BCUT2D eigenvalue weighted by Gasteiger charge is 2.35. The van der Waals surface area contributed by atoms with Gasteiger partial charge in [0, 0.05) is 33.8 Å². The number of hydrogen-bond donors (Lipinski definition) is 2. The van der Waals surface area contributed by atoms with Gasteiger partial charge < -0.3 is 14.6 Å². The lowest BCUT2D eigenvalue weighted by molar-refractivity contribution is 0.268. The molecular weight excluding hydrogens is 625 g/mol. The van der Waals surface area contributed by atoms with Gasteiger partial charge in [0.25, 0.3) is 0 Å². The van der Waals surface area contributed by atoms with Gasteiger partial charge in [-0.1, -0.05) is 104 Å². The van der Waals surface area contributed by atoms with Crippen LogP contribution in [0.5, 0.6) is 5.75 Å². The van der Waals surface area contributed by atoms with E-state index >= 15 is 0 Å². The number of aryl methyl sites for hydroxylation is 1. The zero-order valence-electron chi connectivity index (χ0n) is 29.2. The molecule has 0 saturated heterocycles. The summed E-state index contributed by atoms with van der Waals surface area (Å²) in [6, 6.07) is 22.5. The van der Waals surface area contributed by atoms with E-state index in [1.807, 2.05) is 0 Å². The maximum Gasteiger partial charge on any atom is 0.131 e. The summed E-state index contributed by atoms with van der Waals surface area (Å²) in [5, 5.41) is 9.26. The second kappa shape index (κ2) is 12.6. The van der Waals surface area contributed by atoms with Crippen LogP contribution in [0.3, 0.4) is 0 Å². The Kier molecular flexibility index (Phi) is 7.56. The average Bonchev–Trinajstić information content (AvgIpc) is 3.73. The van der Waals surface area contributed by atoms with Crippen molar-refractivity contribution in [1.29, 1.82) is 0 Å². The molecule has 0 saturated carbocycles. The maximum atomic E-state index is 6.47. The molecule has 4 aliphatic carbocycles. The number of aliphatic imine (C=N–C) groups is 1. The van der Waals surface area contributed by atoms with Gasteiger partial charge in [0.2, 0.25) is 0 Å². The number of nitrogens with zero attached hydrogens (tertiary/aromatic N) is 2. The molecule has 254 valence electrons. The van der Waals surface area contributed by atoms with Crippen LogP contribution in [0.25, 0.3) is 22.2 Å². The molecule has 4 unspecified atom stereocenters. The van der Waals surface area contributed by atoms with Crippen LogP contribution in [-0.4, -0.2) is 16.5 Å². The summed E-state index contributed by atoms with van der Waals surface area (Å²) < 4.78 is 9.08. The summed E-state index contributed by atoms with van der Waals surface area (Å²) in [6.07, 6.45) is 29.8. The van der Waals surface area contributed by atoms with Crippen molar-refractivity contribution in [1.82, 2.24) is 15.2 Å². The Morgan fingerprint density at radius 1 is 0.863 bits per heavy atom. The Bertz CT molecular complexity index is 2260. The molecule has 5 nitrogen and oxygen atoms in total. The topological polar surface area (TPSA) is 50.6 Å². The third-order valence-electron chi connectivity index (χ3n) is 11.7. The van der Waals surface area contributed by atoms with Crippen LogP contribution >= 0.6 is 0 Å². The third kappa shape index (κ3) is 5.37. The number of benzene rings is 3. The summed E-state index contributed by atoms with van der Waals surface area (Å²) in [7, 11) is 0. The fraction of sp³-hybridized carbons (Fsp3) is 0.283. The molecule has 0 bridgehead atoms. The van der Waals surface area contributed by atoms with Gasteiger partial charge in [-0.2, -0.15) is 0 Å². The van der Waals surface area contributed by atoms with Crippen LogP contribution in [-0.2, 0) is 12.8 Å². The Labute approximate surface area is 300 Å². The van der Waals surface area contributed by atoms with E-state index in [1.165, 1.54) is 56.5 Å². The Morgan fingerprint density at radius 2 is 1.76 bits per heavy atom. The molecule has 3 aromatic carbocycles. The molecule has 0 radical (unpaired) electrons. The van der Waals surface area contributed by atoms with Gasteiger partial charge in [0.15, 0.2) is 0 Å². The van der Waals surface area contributed by atoms with Crippen molar-refractivity contribution in [2.24, 2.45) is 10.9 Å². The van der Waals surface area contributed by atoms with Crippen molar-refractivity contribution in [3.63, 3.8) is 0 Å². The van der Waals surface area contributed by atoms with E-state index in [-0.39, 0.29) is 24.4 Å². The van der Waals surface area contributed by atoms with Crippen molar-refractivity contribution in [2.75, 3.05) is 0 Å². The lowest BCUT2D eigenvalue weighted by atomic mass is 9.86. The molecule has 10 rings (SSSR count). The molecule has 1 aromatic heterocycles. The van der Waals surface area contributed by atoms with Crippen LogP contribution in [0.15, 0.2) is 126 Å². The SMILES string of the molecule is CC1CCc2c(n(C3=CC=CCC3)c3cccc([C@@H]4NC(c5ccc(C6=CCCC=C6)cc5)=NC(c5ccc6c(c5)OC5C=CC=CC65)N4)c23)C1. The van der Waals surface area contributed by atoms with Crippen molar-refractivity contribution >= 4 is 28.0 Å². The monoisotopic (exact) mass is 668 g/mol. The Morgan fingerprint density at radius 3 is 2.63 bits per heavy atom. The van der Waals surface area contributed by atoms with E-state index in [1.54, 1.807) is 0 Å². The largest absolute Gasteiger partial charge is 0.485 e. The molecule has 4 aromatic rings. The number of allylic oxidation sites excluding steroid dienone is 10. The van der Waals surface area contributed by atoms with Crippen molar-refractivity contribution in [3.8, 4) is 5.75 Å². The molecule has 6 aliphatic rings. The van der Waals surface area contributed by atoms with E-state index < -0.39 is 0 Å². The molecule has 2 aliphatic heterocycles. The highest BCUT2D eigenvalue weighted by Crippen LogP contribution is 2.44. The molecule has 5 heteroatoms. The van der Waals surface area contributed by atoms with Gasteiger partial charge >= 0.3 is 0 Å². The number of fused-ring (bicyclic) bond motifs is 6. The van der Waals surface area contributed by atoms with Crippen LogP contribution in [0, 0.1) is 5.92 Å². The zero-order valence-corrected chi connectivity index (χ0v) is 29.2. The molecule has 0 spiro atoms. The van der Waals surface area contributed by atoms with Gasteiger partial charge in [0.05, 0.1) is 5.52 Å². The van der Waals surface area contributed by atoms with Gasteiger partial charge in [-0.05, 0) is 103 Å². The van der Waals surface area contributed by atoms with Crippen LogP contribution in [0.1, 0.15) is 96.4 Å². The Hall–Kier alpha value is -5.13. The number of aromatic nitrogens is 1. The van der Waals surface area contributed by atoms with Crippen LogP contribution in [0.4, 0.5) is 0 Å². The average molecular weight is 669 g/mol. The molecule has 0 fully saturated rings. The number of amidine groups is 1. The van der Waals surface area contributed by atoms with Crippen molar-refractivity contribution in [2.45, 2.75) is 76.2 Å². The first-order valence-corrected chi connectivity index (χ1v) is 18.9. The third-order valence-corrected chi connectivity index (χ3v) is 11.7. The first-order valence-electron chi connectivity index (χ1n) is 18.9. The van der Waals surface area contributed by atoms with Gasteiger partial charge in [-0.15, -0.1) is 0 Å². The van der Waals surface area contributed by atoms with E-state index in [4.69, 9.17) is 9.73 Å². The lowest BCUT2D eigenvalue weighted by Crippen LogP contribution is -2.45. The number of ether oxygens (including phenoxy) is 1. The zero-order chi connectivity index (χ0) is 33.9. The molecule has 0 amide bonds. The van der Waals surface area contributed by atoms with Crippen LogP contribution < -0.4 is 15.4 Å². The molecule has 51 heavy (non-hydrogen) atoms. The maximum absolute atomic E-state index is 6.47. The minimum absolute atomic E-state index is 0.0611. The summed E-state index contributed by atoms with van der Waals surface area (Å²) in [5.41, 5.74) is 13.0. The van der Waals surface area contributed by atoms with E-state index in [0.29, 0.717) is 5.92 Å². The molecule has 3 heterocycles. The van der Waals surface area contributed by atoms with Gasteiger partial charge in [-0.25, -0.2) is 4.99 Å². The number of hydrogen-bond acceptors (Lipinski definition) is 4. The predicted octanol–water partition coefficient (Wildman–Crippen LogP) is 10.00. The van der Waals surface area contributed by atoms with Crippen LogP contribution in [0.2, 0.25) is 0 Å². The van der Waals surface area contributed by atoms with Crippen molar-refractivity contribution in [3.05, 3.63) is 160 Å². The second-order valence-corrected chi connectivity index (χ2v) is 15.0. The van der Waals surface area contributed by atoms with Crippen molar-refractivity contribution < 1.29 is 4.74 Å². The quantitative estimate of drug-likeness (QED) is 0.223. The first-order chi connectivity index (χ1) is 25.2. The highest BCUT2D eigenvalue weighted by molar-refractivity contribution is 6.01. The van der Waals surface area contributed by atoms with E-state index in [0.717, 1.165) is 61.2 Å². The molecule has 2 N–H and O–H groups in total. The fourth-order valence-electron chi connectivity index (χ4n) is 9.06. The predicted molar refractivity (Wildman–Crippen MR) is 209 cm³/mol. The normalized spacial score (nSPS) is 26.1. The first kappa shape index (κ1) is 30.7. The minimum Gasteiger partial charge on any atom is -0.485 e. The molecule has 5 atom stereocenters. The second-order valence-electron chi connectivity index (χ2n) is 15.0. The summed E-state index contributed by atoms with van der Waals surface area (Å²) in [4.78, 5) is 5.37. The Balaban J connectivity index is 1.08. The summed E-state index contributed by atoms with van der Waals surface area (Å²) >= 11 is 0. The highest BCUT2D eigenvalue weighted by atomic mass is 16.5. The van der Waals surface area contributed by atoms with Gasteiger partial charge in [0.1, 0.15) is 30.0 Å². The van der Waals surface area contributed by atoms with E-state index in [9.17, 15) is 0 Å². The number of rotatable bonds is 5. The number of nitrogens with one attached hydrogen (secondary N) is 2.